The molecule has 98 valence electrons. The van der Waals surface area contributed by atoms with E-state index < -0.39 is 0 Å². The smallest absolute Gasteiger partial charge is 0.272 e. The summed E-state index contributed by atoms with van der Waals surface area (Å²) in [6.07, 6.45) is 0. The van der Waals surface area contributed by atoms with Crippen molar-refractivity contribution in [2.75, 3.05) is 12.4 Å². The van der Waals surface area contributed by atoms with E-state index in [2.05, 4.69) is 20.8 Å². The predicted molar refractivity (Wildman–Crippen MR) is 73.9 cm³/mol. The van der Waals surface area contributed by atoms with Crippen LogP contribution in [-0.2, 0) is 6.54 Å². The van der Waals surface area contributed by atoms with Gasteiger partial charge in [-0.05, 0) is 24.6 Å². The van der Waals surface area contributed by atoms with E-state index in [1.54, 1.807) is 19.2 Å². The highest BCUT2D eigenvalue weighted by atomic mass is 16.1. The first-order valence-electron chi connectivity index (χ1n) is 6.04. The molecule has 0 atom stereocenters. The van der Waals surface area contributed by atoms with Crippen LogP contribution in [0.3, 0.4) is 0 Å². The third-order valence-electron chi connectivity index (χ3n) is 2.73. The minimum absolute atomic E-state index is 0.226. The second-order valence-electron chi connectivity index (χ2n) is 4.22. The number of hydrogen-bond donors (Lipinski definition) is 2. The van der Waals surface area contributed by atoms with Gasteiger partial charge < -0.3 is 10.6 Å². The molecule has 1 heterocycles. The van der Waals surface area contributed by atoms with Gasteiger partial charge >= 0.3 is 0 Å². The van der Waals surface area contributed by atoms with Gasteiger partial charge in [-0.15, -0.1) is 10.2 Å². The van der Waals surface area contributed by atoms with Crippen LogP contribution in [0, 0.1) is 6.92 Å². The number of hydrogen-bond acceptors (Lipinski definition) is 4. The third kappa shape index (κ3) is 3.51. The number of nitrogens with one attached hydrogen (secondary N) is 2. The van der Waals surface area contributed by atoms with Crippen LogP contribution in [0.1, 0.15) is 21.6 Å². The SMILES string of the molecule is CNc1ccc(C(=O)NCc2ccc(C)cc2)nn1. The molecule has 0 bridgehead atoms. The van der Waals surface area contributed by atoms with E-state index in [-0.39, 0.29) is 5.91 Å². The Morgan fingerprint density at radius 2 is 1.84 bits per heavy atom. The zero-order valence-electron chi connectivity index (χ0n) is 11.0. The minimum atomic E-state index is -0.226. The van der Waals surface area contributed by atoms with Gasteiger partial charge in [0.05, 0.1) is 0 Å². The van der Waals surface area contributed by atoms with Crippen LogP contribution in [-0.4, -0.2) is 23.2 Å². The van der Waals surface area contributed by atoms with Crippen molar-refractivity contribution in [3.63, 3.8) is 0 Å². The number of carbonyl (C=O) groups excluding carboxylic acids is 1. The van der Waals surface area contributed by atoms with Crippen molar-refractivity contribution in [1.29, 1.82) is 0 Å². The lowest BCUT2D eigenvalue weighted by Crippen LogP contribution is -2.24. The molecule has 5 heteroatoms. The van der Waals surface area contributed by atoms with Crippen molar-refractivity contribution >= 4 is 11.7 Å². The van der Waals surface area contributed by atoms with Crippen LogP contribution in [0.4, 0.5) is 5.82 Å². The molecule has 0 unspecified atom stereocenters. The number of aryl methyl sites for hydroxylation is 1. The van der Waals surface area contributed by atoms with E-state index in [1.807, 2.05) is 31.2 Å². The molecular weight excluding hydrogens is 240 g/mol. The van der Waals surface area contributed by atoms with Gasteiger partial charge in [0.25, 0.3) is 5.91 Å². The Balaban J connectivity index is 1.95. The van der Waals surface area contributed by atoms with Crippen molar-refractivity contribution in [3.05, 3.63) is 53.2 Å². The maximum absolute atomic E-state index is 11.9. The Labute approximate surface area is 112 Å². The second-order valence-corrected chi connectivity index (χ2v) is 4.22. The second kappa shape index (κ2) is 5.95. The molecule has 1 aromatic carbocycles. The molecule has 0 saturated carbocycles. The Hall–Kier alpha value is -2.43. The Morgan fingerprint density at radius 3 is 2.42 bits per heavy atom. The van der Waals surface area contributed by atoms with Crippen LogP contribution in [0.2, 0.25) is 0 Å². The van der Waals surface area contributed by atoms with E-state index >= 15 is 0 Å². The summed E-state index contributed by atoms with van der Waals surface area (Å²) in [4.78, 5) is 11.9. The van der Waals surface area contributed by atoms with Gasteiger partial charge in [0.1, 0.15) is 5.82 Å². The topological polar surface area (TPSA) is 66.9 Å². The molecule has 5 nitrogen and oxygen atoms in total. The number of benzene rings is 1. The van der Waals surface area contributed by atoms with Crippen molar-refractivity contribution in [3.8, 4) is 0 Å². The molecule has 19 heavy (non-hydrogen) atoms. The Bertz CT molecular complexity index is 549. The van der Waals surface area contributed by atoms with Gasteiger partial charge in [-0.3, -0.25) is 4.79 Å². The number of carbonyl (C=O) groups is 1. The molecule has 1 amide bonds. The predicted octanol–water partition coefficient (Wildman–Crippen LogP) is 1.76. The first-order chi connectivity index (χ1) is 9.19. The van der Waals surface area contributed by atoms with Crippen molar-refractivity contribution < 1.29 is 4.79 Å². The molecular formula is C14H16N4O. The number of aromatic nitrogens is 2. The van der Waals surface area contributed by atoms with Gasteiger partial charge in [-0.1, -0.05) is 29.8 Å². The summed E-state index contributed by atoms with van der Waals surface area (Å²) >= 11 is 0. The maximum Gasteiger partial charge on any atom is 0.272 e. The summed E-state index contributed by atoms with van der Waals surface area (Å²) in [5, 5.41) is 13.4. The summed E-state index contributed by atoms with van der Waals surface area (Å²) in [7, 11) is 1.75. The lowest BCUT2D eigenvalue weighted by Gasteiger charge is -2.05. The van der Waals surface area contributed by atoms with Crippen LogP contribution < -0.4 is 10.6 Å². The molecule has 0 spiro atoms. The summed E-state index contributed by atoms with van der Waals surface area (Å²) in [5.74, 6) is 0.408. The fraction of sp³-hybridized carbons (Fsp3) is 0.214. The van der Waals surface area contributed by atoms with Crippen LogP contribution in [0.15, 0.2) is 36.4 Å². The molecule has 2 aromatic rings. The fourth-order valence-corrected chi connectivity index (χ4v) is 1.57. The van der Waals surface area contributed by atoms with Gasteiger partial charge in [-0.25, -0.2) is 0 Å². The molecule has 0 aliphatic rings. The molecule has 0 radical (unpaired) electrons. The minimum Gasteiger partial charge on any atom is -0.372 e. The van der Waals surface area contributed by atoms with Gasteiger partial charge in [0.15, 0.2) is 5.69 Å². The average Bonchev–Trinajstić information content (AvgIpc) is 2.46. The first kappa shape index (κ1) is 13.0. The Kier molecular flexibility index (Phi) is 4.07. The largest absolute Gasteiger partial charge is 0.372 e. The molecule has 2 rings (SSSR count). The molecule has 0 saturated heterocycles. The van der Waals surface area contributed by atoms with E-state index in [0.717, 1.165) is 5.56 Å². The van der Waals surface area contributed by atoms with Crippen LogP contribution in [0.5, 0.6) is 0 Å². The zero-order valence-corrected chi connectivity index (χ0v) is 11.0. The van der Waals surface area contributed by atoms with Crippen LogP contribution in [0.25, 0.3) is 0 Å². The molecule has 1 aromatic heterocycles. The lowest BCUT2D eigenvalue weighted by molar-refractivity contribution is 0.0945. The normalized spacial score (nSPS) is 10.0. The fourth-order valence-electron chi connectivity index (χ4n) is 1.57. The van der Waals surface area contributed by atoms with Crippen molar-refractivity contribution in [2.24, 2.45) is 0 Å². The van der Waals surface area contributed by atoms with Crippen molar-refractivity contribution in [2.45, 2.75) is 13.5 Å². The maximum atomic E-state index is 11.9. The monoisotopic (exact) mass is 256 g/mol. The molecule has 0 aliphatic carbocycles. The highest BCUT2D eigenvalue weighted by molar-refractivity contribution is 5.92. The van der Waals surface area contributed by atoms with Crippen molar-refractivity contribution in [1.82, 2.24) is 15.5 Å². The first-order valence-corrected chi connectivity index (χ1v) is 6.04. The molecule has 0 aliphatic heterocycles. The Morgan fingerprint density at radius 1 is 1.11 bits per heavy atom. The van der Waals surface area contributed by atoms with E-state index in [0.29, 0.717) is 18.1 Å². The summed E-state index contributed by atoms with van der Waals surface area (Å²) in [5.41, 5.74) is 2.56. The number of nitrogens with zero attached hydrogens (tertiary/aromatic N) is 2. The van der Waals surface area contributed by atoms with Crippen LogP contribution >= 0.6 is 0 Å². The average molecular weight is 256 g/mol. The summed E-state index contributed by atoms with van der Waals surface area (Å²) in [6, 6.07) is 11.4. The van der Waals surface area contributed by atoms with E-state index in [9.17, 15) is 4.79 Å². The zero-order chi connectivity index (χ0) is 13.7. The quantitative estimate of drug-likeness (QED) is 0.874. The van der Waals surface area contributed by atoms with Gasteiger partial charge in [0.2, 0.25) is 0 Å². The number of anilines is 1. The highest BCUT2D eigenvalue weighted by Crippen LogP contribution is 2.04. The van der Waals surface area contributed by atoms with E-state index in [4.69, 9.17) is 0 Å². The van der Waals surface area contributed by atoms with Gasteiger partial charge in [-0.2, -0.15) is 0 Å². The summed E-state index contributed by atoms with van der Waals surface area (Å²) in [6.45, 7) is 2.51. The highest BCUT2D eigenvalue weighted by Gasteiger charge is 2.07. The number of amides is 1. The molecule has 2 N–H and O–H groups in total. The lowest BCUT2D eigenvalue weighted by atomic mass is 10.1. The third-order valence-corrected chi connectivity index (χ3v) is 2.73. The number of rotatable bonds is 4. The van der Waals surface area contributed by atoms with Gasteiger partial charge in [0, 0.05) is 13.6 Å². The molecule has 0 fully saturated rings. The standard InChI is InChI=1S/C14H16N4O/c1-10-3-5-11(6-4-10)9-16-14(19)12-7-8-13(15-2)18-17-12/h3-8H,9H2,1-2H3,(H,15,18)(H,16,19). The van der Waals surface area contributed by atoms with E-state index in [1.165, 1.54) is 5.56 Å². The summed E-state index contributed by atoms with van der Waals surface area (Å²) < 4.78 is 0.